The van der Waals surface area contributed by atoms with Crippen molar-refractivity contribution in [1.82, 2.24) is 9.55 Å². The fourth-order valence-electron chi connectivity index (χ4n) is 3.14. The maximum atomic E-state index is 13.2. The minimum atomic E-state index is -0.341. The number of aryl methyl sites for hydroxylation is 1. The smallest absolute Gasteiger partial charge is 0.228 e. The fraction of sp³-hybridized carbons (Fsp3) is 0.0909. The maximum absolute atomic E-state index is 13.2. The standard InChI is InChI=1S/C22H18FN3O/c1-26-20-8-3-2-7-19(20)25-22(26)16-9-11-18(12-10-16)24-21(27)14-15-5-4-6-17(23)13-15/h2-13H,14H2,1H3,(H,24,27). The summed E-state index contributed by atoms with van der Waals surface area (Å²) in [7, 11) is 1.99. The number of anilines is 1. The van der Waals surface area contributed by atoms with Gasteiger partial charge in [-0.2, -0.15) is 0 Å². The van der Waals surface area contributed by atoms with Gasteiger partial charge in [0, 0.05) is 18.3 Å². The van der Waals surface area contributed by atoms with Gasteiger partial charge < -0.3 is 9.88 Å². The van der Waals surface area contributed by atoms with E-state index in [1.807, 2.05) is 60.1 Å². The Balaban J connectivity index is 1.50. The summed E-state index contributed by atoms with van der Waals surface area (Å²) in [5.41, 5.74) is 4.32. The summed E-state index contributed by atoms with van der Waals surface area (Å²) in [5, 5.41) is 2.84. The van der Waals surface area contributed by atoms with Gasteiger partial charge >= 0.3 is 0 Å². The molecule has 0 radical (unpaired) electrons. The molecule has 3 aromatic carbocycles. The molecule has 4 nitrogen and oxygen atoms in total. The molecular formula is C22H18FN3O. The van der Waals surface area contributed by atoms with Crippen LogP contribution in [0.1, 0.15) is 5.56 Å². The molecule has 0 unspecified atom stereocenters. The zero-order valence-electron chi connectivity index (χ0n) is 14.8. The number of imidazole rings is 1. The Bertz CT molecular complexity index is 1120. The van der Waals surface area contributed by atoms with E-state index in [0.717, 1.165) is 22.4 Å². The molecule has 0 aliphatic carbocycles. The number of halogens is 1. The second kappa shape index (κ2) is 7.03. The number of hydrogen-bond donors (Lipinski definition) is 1. The van der Waals surface area contributed by atoms with Gasteiger partial charge in [0.15, 0.2) is 0 Å². The molecule has 5 heteroatoms. The van der Waals surface area contributed by atoms with Crippen molar-refractivity contribution in [2.75, 3.05) is 5.32 Å². The molecule has 0 spiro atoms. The molecule has 0 aliphatic heterocycles. The van der Waals surface area contributed by atoms with E-state index in [9.17, 15) is 9.18 Å². The first-order valence-corrected chi connectivity index (χ1v) is 8.66. The van der Waals surface area contributed by atoms with Crippen molar-refractivity contribution in [3.8, 4) is 11.4 Å². The first kappa shape index (κ1) is 17.0. The maximum Gasteiger partial charge on any atom is 0.228 e. The van der Waals surface area contributed by atoms with Gasteiger partial charge in [-0.1, -0.05) is 24.3 Å². The Hall–Kier alpha value is -3.47. The second-order valence-corrected chi connectivity index (χ2v) is 6.42. The Morgan fingerprint density at radius 2 is 1.81 bits per heavy atom. The molecule has 1 amide bonds. The number of hydrogen-bond acceptors (Lipinski definition) is 2. The summed E-state index contributed by atoms with van der Waals surface area (Å²) in [6.07, 6.45) is 0.129. The number of amides is 1. The Labute approximate surface area is 156 Å². The van der Waals surface area contributed by atoms with Crippen LogP contribution in [0.5, 0.6) is 0 Å². The van der Waals surface area contributed by atoms with Crippen LogP contribution < -0.4 is 5.32 Å². The lowest BCUT2D eigenvalue weighted by atomic mass is 10.1. The lowest BCUT2D eigenvalue weighted by Crippen LogP contribution is -2.14. The van der Waals surface area contributed by atoms with Crippen LogP contribution in [0.4, 0.5) is 10.1 Å². The highest BCUT2D eigenvalue weighted by Gasteiger charge is 2.10. The van der Waals surface area contributed by atoms with Crippen molar-refractivity contribution >= 4 is 22.6 Å². The predicted octanol–water partition coefficient (Wildman–Crippen LogP) is 4.56. The van der Waals surface area contributed by atoms with Crippen molar-refractivity contribution in [3.63, 3.8) is 0 Å². The van der Waals surface area contributed by atoms with E-state index in [1.54, 1.807) is 12.1 Å². The van der Waals surface area contributed by atoms with Crippen molar-refractivity contribution < 1.29 is 9.18 Å². The van der Waals surface area contributed by atoms with E-state index in [4.69, 9.17) is 0 Å². The van der Waals surface area contributed by atoms with Crippen LogP contribution in [0.25, 0.3) is 22.4 Å². The summed E-state index contributed by atoms with van der Waals surface area (Å²) >= 11 is 0. The van der Waals surface area contributed by atoms with Crippen molar-refractivity contribution in [2.45, 2.75) is 6.42 Å². The summed E-state index contributed by atoms with van der Waals surface area (Å²) < 4.78 is 15.3. The third-order valence-electron chi connectivity index (χ3n) is 4.47. The monoisotopic (exact) mass is 359 g/mol. The predicted molar refractivity (Wildman–Crippen MR) is 105 cm³/mol. The van der Waals surface area contributed by atoms with Crippen molar-refractivity contribution in [1.29, 1.82) is 0 Å². The molecule has 1 aromatic heterocycles. The van der Waals surface area contributed by atoms with E-state index in [0.29, 0.717) is 11.3 Å². The van der Waals surface area contributed by atoms with Crippen LogP contribution in [-0.4, -0.2) is 15.5 Å². The summed E-state index contributed by atoms with van der Waals surface area (Å²) in [4.78, 5) is 16.8. The minimum absolute atomic E-state index is 0.129. The number of nitrogens with zero attached hydrogens (tertiary/aromatic N) is 2. The SMILES string of the molecule is Cn1c(-c2ccc(NC(=O)Cc3cccc(F)c3)cc2)nc2ccccc21. The van der Waals surface area contributed by atoms with Crippen LogP contribution in [0.15, 0.2) is 72.8 Å². The quantitative estimate of drug-likeness (QED) is 0.581. The number of rotatable bonds is 4. The number of benzene rings is 3. The van der Waals surface area contributed by atoms with Gasteiger partial charge in [0.05, 0.1) is 17.5 Å². The molecule has 0 aliphatic rings. The molecule has 1 heterocycles. The normalized spacial score (nSPS) is 10.9. The summed E-state index contributed by atoms with van der Waals surface area (Å²) in [6.45, 7) is 0. The van der Waals surface area contributed by atoms with Crippen LogP contribution in [0, 0.1) is 5.82 Å². The highest BCUT2D eigenvalue weighted by molar-refractivity contribution is 5.92. The zero-order chi connectivity index (χ0) is 18.8. The van der Waals surface area contributed by atoms with Gasteiger partial charge in [0.1, 0.15) is 11.6 Å². The van der Waals surface area contributed by atoms with E-state index < -0.39 is 0 Å². The van der Waals surface area contributed by atoms with E-state index >= 15 is 0 Å². The Morgan fingerprint density at radius 3 is 2.56 bits per heavy atom. The van der Waals surface area contributed by atoms with Crippen LogP contribution in [-0.2, 0) is 18.3 Å². The molecule has 1 N–H and O–H groups in total. The number of fused-ring (bicyclic) bond motifs is 1. The molecule has 0 saturated heterocycles. The molecule has 4 aromatic rings. The van der Waals surface area contributed by atoms with Gasteiger partial charge in [-0.3, -0.25) is 4.79 Å². The van der Waals surface area contributed by atoms with Gasteiger partial charge in [-0.05, 0) is 54.1 Å². The molecule has 0 atom stereocenters. The van der Waals surface area contributed by atoms with Gasteiger partial charge in [-0.15, -0.1) is 0 Å². The molecule has 0 bridgehead atoms. The average molecular weight is 359 g/mol. The fourth-order valence-corrected chi connectivity index (χ4v) is 3.14. The largest absolute Gasteiger partial charge is 0.327 e. The molecular weight excluding hydrogens is 341 g/mol. The van der Waals surface area contributed by atoms with E-state index in [1.165, 1.54) is 12.1 Å². The number of carbonyl (C=O) groups excluding carboxylic acids is 1. The number of aromatic nitrogens is 2. The Kier molecular flexibility index (Phi) is 4.42. The molecule has 0 saturated carbocycles. The topological polar surface area (TPSA) is 46.9 Å². The lowest BCUT2D eigenvalue weighted by molar-refractivity contribution is -0.115. The van der Waals surface area contributed by atoms with Gasteiger partial charge in [0.25, 0.3) is 0 Å². The number of carbonyl (C=O) groups is 1. The first-order valence-electron chi connectivity index (χ1n) is 8.66. The van der Waals surface area contributed by atoms with E-state index in [2.05, 4.69) is 10.3 Å². The molecule has 134 valence electrons. The molecule has 0 fully saturated rings. The number of nitrogens with one attached hydrogen (secondary N) is 1. The average Bonchev–Trinajstić information content (AvgIpc) is 2.99. The third kappa shape index (κ3) is 3.58. The number of para-hydroxylation sites is 2. The molecule has 27 heavy (non-hydrogen) atoms. The second-order valence-electron chi connectivity index (χ2n) is 6.42. The summed E-state index contributed by atoms with van der Waals surface area (Å²) in [6, 6.07) is 21.6. The third-order valence-corrected chi connectivity index (χ3v) is 4.47. The summed E-state index contributed by atoms with van der Waals surface area (Å²) in [5.74, 6) is 0.344. The highest BCUT2D eigenvalue weighted by Crippen LogP contribution is 2.24. The van der Waals surface area contributed by atoms with Crippen molar-refractivity contribution in [2.24, 2.45) is 7.05 Å². The lowest BCUT2D eigenvalue weighted by Gasteiger charge is -2.07. The molecule has 4 rings (SSSR count). The van der Waals surface area contributed by atoms with Gasteiger partial charge in [0.2, 0.25) is 5.91 Å². The van der Waals surface area contributed by atoms with Crippen LogP contribution >= 0.6 is 0 Å². The highest BCUT2D eigenvalue weighted by atomic mass is 19.1. The first-order chi connectivity index (χ1) is 13.1. The zero-order valence-corrected chi connectivity index (χ0v) is 14.8. The Morgan fingerprint density at radius 1 is 1.04 bits per heavy atom. The van der Waals surface area contributed by atoms with Gasteiger partial charge in [-0.25, -0.2) is 9.37 Å². The van der Waals surface area contributed by atoms with Crippen LogP contribution in [0.3, 0.4) is 0 Å². The van der Waals surface area contributed by atoms with Crippen LogP contribution in [0.2, 0.25) is 0 Å². The van der Waals surface area contributed by atoms with E-state index in [-0.39, 0.29) is 18.1 Å². The minimum Gasteiger partial charge on any atom is -0.327 e. The van der Waals surface area contributed by atoms with Crippen molar-refractivity contribution in [3.05, 3.63) is 84.2 Å².